The average molecular weight is 503 g/mol. The van der Waals surface area contributed by atoms with E-state index in [1.165, 1.54) is 4.40 Å². The average Bonchev–Trinajstić information content (AvgIpc) is 2.94. The van der Waals surface area contributed by atoms with E-state index in [1.807, 2.05) is 49.4 Å². The molecule has 3 aromatic rings. The Morgan fingerprint density at radius 2 is 1.89 bits per heavy atom. The summed E-state index contributed by atoms with van der Waals surface area (Å²) in [6.45, 7) is 6.08. The van der Waals surface area contributed by atoms with Gasteiger partial charge in [0.15, 0.2) is 0 Å². The van der Waals surface area contributed by atoms with Crippen LogP contribution in [0, 0.1) is 11.3 Å². The summed E-state index contributed by atoms with van der Waals surface area (Å²) in [5, 5.41) is 23.0. The van der Waals surface area contributed by atoms with E-state index in [1.54, 1.807) is 25.3 Å². The van der Waals surface area contributed by atoms with Crippen molar-refractivity contribution in [1.29, 1.82) is 5.26 Å². The molecule has 37 heavy (non-hydrogen) atoms. The van der Waals surface area contributed by atoms with E-state index in [9.17, 15) is 20.0 Å². The minimum Gasteiger partial charge on any atom is -0.389 e. The number of benzene rings is 1. The molecule has 4 rings (SSSR count). The smallest absolute Gasteiger partial charge is 0.267 e. The maximum Gasteiger partial charge on any atom is 0.267 e. The lowest BCUT2D eigenvalue weighted by Gasteiger charge is -2.37. The highest BCUT2D eigenvalue weighted by Crippen LogP contribution is 2.35. The molecule has 0 unspecified atom stereocenters. The van der Waals surface area contributed by atoms with Crippen LogP contribution in [0.4, 0.5) is 0 Å². The quantitative estimate of drug-likeness (QED) is 0.466. The fraction of sp³-hybridized carbons (Fsp3) is 0.414. The van der Waals surface area contributed by atoms with E-state index in [-0.39, 0.29) is 12.2 Å². The third-order valence-electron chi connectivity index (χ3n) is 7.27. The first-order valence-corrected chi connectivity index (χ1v) is 12.8. The standard InChI is InChI=1S/C29H34N4O4/c1-3-37-19-26(34)21(2)31-27(35)24-17-22(25-11-7-8-14-33(25)28(24)36)18-32-15-12-29(20-30,13-16-32)23-9-5-4-6-10-23/h4-11,14,17,21,26,34H,3,12-13,15-16,18-19H2,1-2H3,(H,31,35)/t21-,26-/m1/s1. The Morgan fingerprint density at radius 1 is 1.19 bits per heavy atom. The highest BCUT2D eigenvalue weighted by Gasteiger charge is 2.36. The first kappa shape index (κ1) is 26.6. The van der Waals surface area contributed by atoms with Gasteiger partial charge in [0.25, 0.3) is 11.5 Å². The van der Waals surface area contributed by atoms with Crippen LogP contribution in [0.5, 0.6) is 0 Å². The molecule has 8 nitrogen and oxygen atoms in total. The van der Waals surface area contributed by atoms with Crippen molar-refractivity contribution >= 4 is 11.4 Å². The Bertz CT molecular complexity index is 1320. The van der Waals surface area contributed by atoms with Crippen molar-refractivity contribution in [2.45, 2.75) is 50.8 Å². The van der Waals surface area contributed by atoms with Gasteiger partial charge in [0.1, 0.15) is 5.56 Å². The molecule has 3 heterocycles. The number of likely N-dealkylation sites (tertiary alicyclic amines) is 1. The van der Waals surface area contributed by atoms with Crippen LogP contribution >= 0.6 is 0 Å². The van der Waals surface area contributed by atoms with Gasteiger partial charge >= 0.3 is 0 Å². The van der Waals surface area contributed by atoms with Crippen molar-refractivity contribution in [2.75, 3.05) is 26.3 Å². The number of piperidine rings is 1. The van der Waals surface area contributed by atoms with Crippen molar-refractivity contribution in [3.63, 3.8) is 0 Å². The van der Waals surface area contributed by atoms with Crippen LogP contribution in [0.25, 0.3) is 5.52 Å². The maximum atomic E-state index is 13.2. The van der Waals surface area contributed by atoms with E-state index in [4.69, 9.17) is 4.74 Å². The third-order valence-corrected chi connectivity index (χ3v) is 7.27. The van der Waals surface area contributed by atoms with E-state index >= 15 is 0 Å². The zero-order valence-electron chi connectivity index (χ0n) is 21.4. The Morgan fingerprint density at radius 3 is 2.57 bits per heavy atom. The first-order valence-electron chi connectivity index (χ1n) is 12.8. The Labute approximate surface area is 217 Å². The van der Waals surface area contributed by atoms with Gasteiger partial charge in [-0.1, -0.05) is 36.4 Å². The van der Waals surface area contributed by atoms with Crippen LogP contribution in [0.15, 0.2) is 65.6 Å². The van der Waals surface area contributed by atoms with E-state index < -0.39 is 29.0 Å². The van der Waals surface area contributed by atoms with Crippen molar-refractivity contribution in [2.24, 2.45) is 0 Å². The molecule has 0 bridgehead atoms. The second kappa shape index (κ2) is 11.7. The maximum absolute atomic E-state index is 13.2. The molecule has 2 atom stereocenters. The van der Waals surface area contributed by atoms with Gasteiger partial charge in [-0.3, -0.25) is 18.9 Å². The minimum absolute atomic E-state index is 0.0295. The molecule has 0 aliphatic carbocycles. The van der Waals surface area contributed by atoms with Crippen LogP contribution in [-0.2, 0) is 16.7 Å². The first-order chi connectivity index (χ1) is 17.9. The number of carbonyl (C=O) groups excluding carboxylic acids is 1. The number of pyridine rings is 2. The number of hydrogen-bond acceptors (Lipinski definition) is 6. The lowest BCUT2D eigenvalue weighted by Crippen LogP contribution is -2.45. The summed E-state index contributed by atoms with van der Waals surface area (Å²) >= 11 is 0. The van der Waals surface area contributed by atoms with Crippen LogP contribution in [-0.4, -0.2) is 58.8 Å². The summed E-state index contributed by atoms with van der Waals surface area (Å²) in [5.74, 6) is -0.529. The molecule has 8 heteroatoms. The number of nitrogens with zero attached hydrogens (tertiary/aromatic N) is 3. The lowest BCUT2D eigenvalue weighted by molar-refractivity contribution is 0.0242. The summed E-state index contributed by atoms with van der Waals surface area (Å²) in [4.78, 5) is 28.5. The number of aliphatic hydroxyl groups excluding tert-OH is 1. The fourth-order valence-corrected chi connectivity index (χ4v) is 4.93. The largest absolute Gasteiger partial charge is 0.389 e. The molecule has 0 saturated carbocycles. The number of amides is 1. The second-order valence-corrected chi connectivity index (χ2v) is 9.67. The number of aromatic nitrogens is 1. The van der Waals surface area contributed by atoms with Crippen molar-refractivity contribution in [1.82, 2.24) is 14.6 Å². The number of nitriles is 1. The lowest BCUT2D eigenvalue weighted by atomic mass is 9.74. The Kier molecular flexibility index (Phi) is 8.39. The third kappa shape index (κ3) is 5.75. The summed E-state index contributed by atoms with van der Waals surface area (Å²) in [7, 11) is 0. The van der Waals surface area contributed by atoms with E-state index in [2.05, 4.69) is 16.3 Å². The van der Waals surface area contributed by atoms with Gasteiger partial charge in [-0.05, 0) is 56.0 Å². The molecule has 2 aromatic heterocycles. The van der Waals surface area contributed by atoms with Gasteiger partial charge in [0.2, 0.25) is 0 Å². The number of carbonyl (C=O) groups is 1. The number of hydrogen-bond donors (Lipinski definition) is 2. The number of aliphatic hydroxyl groups is 1. The summed E-state index contributed by atoms with van der Waals surface area (Å²) in [6.07, 6.45) is 2.20. The molecule has 1 aliphatic rings. The summed E-state index contributed by atoms with van der Waals surface area (Å²) in [5.41, 5.74) is 1.77. The van der Waals surface area contributed by atoms with Crippen LogP contribution in [0.1, 0.15) is 48.2 Å². The van der Waals surface area contributed by atoms with Gasteiger partial charge < -0.3 is 15.2 Å². The molecule has 1 amide bonds. The zero-order valence-corrected chi connectivity index (χ0v) is 21.4. The predicted octanol–water partition coefficient (Wildman–Crippen LogP) is 2.87. The second-order valence-electron chi connectivity index (χ2n) is 9.67. The molecule has 0 radical (unpaired) electrons. The molecule has 1 fully saturated rings. The van der Waals surface area contributed by atoms with Gasteiger partial charge in [0.05, 0.1) is 35.8 Å². The van der Waals surface area contributed by atoms with E-state index in [0.717, 1.165) is 29.7 Å². The van der Waals surface area contributed by atoms with E-state index in [0.29, 0.717) is 26.0 Å². The highest BCUT2D eigenvalue weighted by molar-refractivity contribution is 5.94. The molecule has 1 aliphatic heterocycles. The van der Waals surface area contributed by atoms with Crippen molar-refractivity contribution in [3.05, 3.63) is 87.8 Å². The van der Waals surface area contributed by atoms with Gasteiger partial charge in [0, 0.05) is 32.4 Å². The van der Waals surface area contributed by atoms with Crippen LogP contribution in [0.3, 0.4) is 0 Å². The van der Waals surface area contributed by atoms with Gasteiger partial charge in [-0.15, -0.1) is 0 Å². The summed E-state index contributed by atoms with van der Waals surface area (Å²) < 4.78 is 6.75. The fourth-order valence-electron chi connectivity index (χ4n) is 4.93. The number of ether oxygens (including phenoxy) is 1. The number of rotatable bonds is 9. The van der Waals surface area contributed by atoms with Gasteiger partial charge in [-0.25, -0.2) is 0 Å². The van der Waals surface area contributed by atoms with Gasteiger partial charge in [-0.2, -0.15) is 5.26 Å². The van der Waals surface area contributed by atoms with Crippen LogP contribution in [0.2, 0.25) is 0 Å². The molecule has 1 aromatic carbocycles. The molecule has 0 spiro atoms. The molecule has 1 saturated heterocycles. The molecule has 2 N–H and O–H groups in total. The monoisotopic (exact) mass is 502 g/mol. The Balaban J connectivity index is 1.55. The summed E-state index contributed by atoms with van der Waals surface area (Å²) in [6, 6.07) is 19.1. The zero-order chi connectivity index (χ0) is 26.4. The molecular formula is C29H34N4O4. The molecule has 194 valence electrons. The predicted molar refractivity (Wildman–Crippen MR) is 141 cm³/mol. The minimum atomic E-state index is -0.884. The van der Waals surface area contributed by atoms with Crippen LogP contribution < -0.4 is 10.9 Å². The van der Waals surface area contributed by atoms with Crippen molar-refractivity contribution in [3.8, 4) is 6.07 Å². The molecular weight excluding hydrogens is 468 g/mol. The number of nitrogens with one attached hydrogen (secondary N) is 1. The van der Waals surface area contributed by atoms with Crippen molar-refractivity contribution < 1.29 is 14.6 Å². The highest BCUT2D eigenvalue weighted by atomic mass is 16.5. The Hall–Kier alpha value is -3.51. The topological polar surface area (TPSA) is 107 Å². The normalized spacial score (nSPS) is 17.1. The SMILES string of the molecule is CCOC[C@@H](O)[C@@H](C)NC(=O)c1cc(CN2CCC(C#N)(c3ccccc3)CC2)c2ccccn2c1=O. The number of fused-ring (bicyclic) bond motifs is 1.